The first-order chi connectivity index (χ1) is 9.51. The molecule has 2 heterocycles. The van der Waals surface area contributed by atoms with Gasteiger partial charge >= 0.3 is 5.97 Å². The maximum absolute atomic E-state index is 13.1. The summed E-state index contributed by atoms with van der Waals surface area (Å²) in [6.07, 6.45) is 2.54. The van der Waals surface area contributed by atoms with Gasteiger partial charge in [-0.05, 0) is 19.1 Å². The molecule has 1 amide bonds. The highest BCUT2D eigenvalue weighted by Gasteiger charge is 2.18. The Morgan fingerprint density at radius 3 is 2.80 bits per heavy atom. The molecule has 0 aliphatic carbocycles. The van der Waals surface area contributed by atoms with Gasteiger partial charge in [0.25, 0.3) is 5.91 Å². The van der Waals surface area contributed by atoms with E-state index in [1.807, 2.05) is 0 Å². The molecule has 6 nitrogen and oxygen atoms in total. The zero-order chi connectivity index (χ0) is 14.7. The van der Waals surface area contributed by atoms with Crippen LogP contribution in [0, 0.1) is 5.82 Å². The molecule has 0 aromatic carbocycles. The molecular weight excluding hydrogens is 265 g/mol. The average molecular weight is 279 g/mol. The highest BCUT2D eigenvalue weighted by Crippen LogP contribution is 2.09. The van der Waals surface area contributed by atoms with E-state index in [4.69, 9.17) is 5.11 Å². The number of hydrogen-bond donors (Lipinski definition) is 1. The van der Waals surface area contributed by atoms with E-state index < -0.39 is 11.8 Å². The number of aromatic nitrogens is 2. The summed E-state index contributed by atoms with van der Waals surface area (Å²) in [7, 11) is 0. The van der Waals surface area contributed by atoms with Crippen molar-refractivity contribution in [1.82, 2.24) is 14.3 Å². The Hall–Kier alpha value is -2.44. The van der Waals surface area contributed by atoms with Crippen molar-refractivity contribution in [3.8, 4) is 0 Å². The summed E-state index contributed by atoms with van der Waals surface area (Å²) >= 11 is 0. The summed E-state index contributed by atoms with van der Waals surface area (Å²) in [4.78, 5) is 28.3. The predicted octanol–water partition coefficient (Wildman–Crippen LogP) is 1.41. The highest BCUT2D eigenvalue weighted by molar-refractivity contribution is 5.93. The second-order valence-corrected chi connectivity index (χ2v) is 4.27. The molecule has 20 heavy (non-hydrogen) atoms. The lowest BCUT2D eigenvalue weighted by molar-refractivity contribution is -0.137. The van der Waals surface area contributed by atoms with Crippen LogP contribution in [0.2, 0.25) is 0 Å². The minimum absolute atomic E-state index is 0.118. The van der Waals surface area contributed by atoms with Gasteiger partial charge in [-0.2, -0.15) is 0 Å². The van der Waals surface area contributed by atoms with E-state index >= 15 is 0 Å². The van der Waals surface area contributed by atoms with Crippen molar-refractivity contribution < 1.29 is 19.1 Å². The summed E-state index contributed by atoms with van der Waals surface area (Å²) in [5, 5.41) is 8.66. The second kappa shape index (κ2) is 5.68. The maximum atomic E-state index is 13.1. The largest absolute Gasteiger partial charge is 0.481 e. The summed E-state index contributed by atoms with van der Waals surface area (Å²) in [6.45, 7) is 2.26. The normalized spacial score (nSPS) is 10.7. The van der Waals surface area contributed by atoms with Crippen LogP contribution >= 0.6 is 0 Å². The molecule has 0 radical (unpaired) electrons. The first-order valence-electron chi connectivity index (χ1n) is 6.16. The fourth-order valence-corrected chi connectivity index (χ4v) is 1.86. The van der Waals surface area contributed by atoms with Crippen LogP contribution in [-0.2, 0) is 4.79 Å². The number of carbonyl (C=O) groups is 2. The second-order valence-electron chi connectivity index (χ2n) is 4.27. The van der Waals surface area contributed by atoms with Gasteiger partial charge in [0.05, 0.1) is 6.42 Å². The summed E-state index contributed by atoms with van der Waals surface area (Å²) in [6, 6.07) is 2.73. The van der Waals surface area contributed by atoms with Crippen LogP contribution < -0.4 is 0 Å². The lowest BCUT2D eigenvalue weighted by atomic mass is 10.3. The highest BCUT2D eigenvalue weighted by atomic mass is 19.1. The van der Waals surface area contributed by atoms with E-state index in [0.717, 1.165) is 0 Å². The van der Waals surface area contributed by atoms with Crippen LogP contribution in [0.15, 0.2) is 24.5 Å². The van der Waals surface area contributed by atoms with Crippen LogP contribution in [0.25, 0.3) is 5.65 Å². The molecule has 2 aromatic rings. The molecule has 0 aliphatic rings. The average Bonchev–Trinajstić information content (AvgIpc) is 2.81. The van der Waals surface area contributed by atoms with Gasteiger partial charge in [-0.3, -0.25) is 9.59 Å². The standard InChI is InChI=1S/C13H14FN3O3/c1-2-16(6-5-12(18)19)13(20)10-8-17-7-9(14)3-4-11(17)15-10/h3-4,7-8H,2,5-6H2,1H3,(H,18,19). The number of rotatable bonds is 5. The van der Waals surface area contributed by atoms with E-state index in [0.29, 0.717) is 12.2 Å². The smallest absolute Gasteiger partial charge is 0.305 e. The fraction of sp³-hybridized carbons (Fsp3) is 0.308. The molecule has 7 heteroatoms. The molecule has 2 rings (SSSR count). The van der Waals surface area contributed by atoms with Gasteiger partial charge in [0.15, 0.2) is 0 Å². The number of hydrogen-bond acceptors (Lipinski definition) is 3. The molecule has 0 spiro atoms. The first kappa shape index (κ1) is 14.0. The van der Waals surface area contributed by atoms with E-state index in [1.54, 1.807) is 6.92 Å². The first-order valence-corrected chi connectivity index (χ1v) is 6.16. The molecule has 0 saturated carbocycles. The molecule has 0 fully saturated rings. The zero-order valence-electron chi connectivity index (χ0n) is 10.9. The SMILES string of the molecule is CCN(CCC(=O)O)C(=O)c1cn2cc(F)ccc2n1. The minimum atomic E-state index is -0.965. The van der Waals surface area contributed by atoms with Gasteiger partial charge in [-0.1, -0.05) is 0 Å². The van der Waals surface area contributed by atoms with Crippen molar-refractivity contribution in [3.05, 3.63) is 36.0 Å². The molecule has 0 atom stereocenters. The number of imidazole rings is 1. The summed E-state index contributed by atoms with van der Waals surface area (Å²) in [5.74, 6) is -1.75. The van der Waals surface area contributed by atoms with Crippen LogP contribution in [0.3, 0.4) is 0 Å². The quantitative estimate of drug-likeness (QED) is 0.898. The van der Waals surface area contributed by atoms with E-state index in [9.17, 15) is 14.0 Å². The van der Waals surface area contributed by atoms with Crippen LogP contribution in [0.1, 0.15) is 23.8 Å². The number of halogens is 1. The van der Waals surface area contributed by atoms with Gasteiger partial charge < -0.3 is 14.4 Å². The molecule has 1 N–H and O–H groups in total. The third-order valence-electron chi connectivity index (χ3n) is 2.90. The Morgan fingerprint density at radius 1 is 1.40 bits per heavy atom. The third kappa shape index (κ3) is 2.93. The molecule has 0 bridgehead atoms. The number of carboxylic acids is 1. The number of nitrogens with zero attached hydrogens (tertiary/aromatic N) is 3. The van der Waals surface area contributed by atoms with Crippen molar-refractivity contribution in [1.29, 1.82) is 0 Å². The van der Waals surface area contributed by atoms with Crippen molar-refractivity contribution in [2.24, 2.45) is 0 Å². The number of pyridine rings is 1. The Kier molecular flexibility index (Phi) is 3.97. The third-order valence-corrected chi connectivity index (χ3v) is 2.90. The summed E-state index contributed by atoms with van der Waals surface area (Å²) in [5.41, 5.74) is 0.631. The molecule has 0 aliphatic heterocycles. The van der Waals surface area contributed by atoms with E-state index in [-0.39, 0.29) is 24.6 Å². The molecule has 0 saturated heterocycles. The number of carbonyl (C=O) groups excluding carboxylic acids is 1. The molecular formula is C13H14FN3O3. The van der Waals surface area contributed by atoms with Crippen LogP contribution in [0.5, 0.6) is 0 Å². The predicted molar refractivity (Wildman–Crippen MR) is 69.0 cm³/mol. The number of aliphatic carboxylic acids is 1. The topological polar surface area (TPSA) is 74.9 Å². The van der Waals surface area contributed by atoms with Crippen LogP contribution in [-0.4, -0.2) is 44.4 Å². The van der Waals surface area contributed by atoms with E-state index in [2.05, 4.69) is 4.98 Å². The Bertz CT molecular complexity index is 653. The van der Waals surface area contributed by atoms with E-state index in [1.165, 1.54) is 33.8 Å². The number of carboxylic acid groups (broad SMARTS) is 1. The van der Waals surface area contributed by atoms with Gasteiger partial charge in [0.1, 0.15) is 17.2 Å². The van der Waals surface area contributed by atoms with Crippen molar-refractivity contribution in [2.75, 3.05) is 13.1 Å². The van der Waals surface area contributed by atoms with Crippen LogP contribution in [0.4, 0.5) is 4.39 Å². The lowest BCUT2D eigenvalue weighted by Gasteiger charge is -2.18. The number of amides is 1. The van der Waals surface area contributed by atoms with Crippen molar-refractivity contribution in [2.45, 2.75) is 13.3 Å². The maximum Gasteiger partial charge on any atom is 0.305 e. The molecule has 0 unspecified atom stereocenters. The van der Waals surface area contributed by atoms with Gasteiger partial charge in [0, 0.05) is 25.5 Å². The Morgan fingerprint density at radius 2 is 2.15 bits per heavy atom. The van der Waals surface area contributed by atoms with Gasteiger partial charge in [-0.25, -0.2) is 9.37 Å². The number of fused-ring (bicyclic) bond motifs is 1. The molecule has 2 aromatic heterocycles. The van der Waals surface area contributed by atoms with Gasteiger partial charge in [0.2, 0.25) is 0 Å². The Labute approximate surface area is 114 Å². The van der Waals surface area contributed by atoms with Crippen molar-refractivity contribution >= 4 is 17.5 Å². The Balaban J connectivity index is 2.22. The fourth-order valence-electron chi connectivity index (χ4n) is 1.86. The zero-order valence-corrected chi connectivity index (χ0v) is 10.9. The minimum Gasteiger partial charge on any atom is -0.481 e. The monoisotopic (exact) mass is 279 g/mol. The molecule has 106 valence electrons. The van der Waals surface area contributed by atoms with Gasteiger partial charge in [-0.15, -0.1) is 0 Å². The lowest BCUT2D eigenvalue weighted by Crippen LogP contribution is -2.33. The van der Waals surface area contributed by atoms with Crippen molar-refractivity contribution in [3.63, 3.8) is 0 Å². The summed E-state index contributed by atoms with van der Waals surface area (Å²) < 4.78 is 14.5.